The average molecular weight is 283 g/mol. The highest BCUT2D eigenvalue weighted by atomic mass is 79.9. The molecule has 84 valence electrons. The highest BCUT2D eigenvalue weighted by molar-refractivity contribution is 9.09. The van der Waals surface area contributed by atoms with Crippen LogP contribution in [0.15, 0.2) is 24.3 Å². The van der Waals surface area contributed by atoms with Crippen LogP contribution in [-0.4, -0.2) is 5.01 Å². The van der Waals surface area contributed by atoms with Gasteiger partial charge in [0.25, 0.3) is 0 Å². The van der Waals surface area contributed by atoms with Crippen LogP contribution in [0.1, 0.15) is 18.9 Å². The van der Waals surface area contributed by atoms with Crippen molar-refractivity contribution < 1.29 is 17.9 Å². The molecule has 0 saturated heterocycles. The van der Waals surface area contributed by atoms with E-state index in [1.807, 2.05) is 6.92 Å². The van der Waals surface area contributed by atoms with Gasteiger partial charge in [-0.2, -0.15) is 13.2 Å². The Kier molecular flexibility index (Phi) is 4.02. The number of ether oxygens (including phenoxy) is 1. The van der Waals surface area contributed by atoms with Gasteiger partial charge in [0, 0.05) is 0 Å². The summed E-state index contributed by atoms with van der Waals surface area (Å²) in [5.74, 6) is 0.216. The van der Waals surface area contributed by atoms with Crippen molar-refractivity contribution in [1.29, 1.82) is 0 Å². The minimum Gasteiger partial charge on any atom is -0.479 e. The zero-order chi connectivity index (χ0) is 11.5. The van der Waals surface area contributed by atoms with E-state index in [0.29, 0.717) is 6.42 Å². The van der Waals surface area contributed by atoms with Crippen LogP contribution in [0.25, 0.3) is 0 Å². The van der Waals surface area contributed by atoms with Gasteiger partial charge in [-0.15, -0.1) is 0 Å². The molecule has 0 bridgehead atoms. The Labute approximate surface area is 94.4 Å². The first-order valence-corrected chi connectivity index (χ1v) is 5.33. The summed E-state index contributed by atoms with van der Waals surface area (Å²) in [4.78, 5) is 0. The van der Waals surface area contributed by atoms with Crippen molar-refractivity contribution in [2.24, 2.45) is 0 Å². The van der Waals surface area contributed by atoms with Gasteiger partial charge in [0.2, 0.25) is 0 Å². The lowest BCUT2D eigenvalue weighted by Crippen LogP contribution is -2.08. The molecular formula is C10H10BrF3O. The van der Waals surface area contributed by atoms with Gasteiger partial charge in [0.05, 0.1) is 5.56 Å². The quantitative estimate of drug-likeness (QED) is 0.755. The Hall–Kier alpha value is -0.710. The molecule has 0 aromatic heterocycles. The summed E-state index contributed by atoms with van der Waals surface area (Å²) < 4.78 is 42.2. The Morgan fingerprint density at radius 3 is 2.60 bits per heavy atom. The van der Waals surface area contributed by atoms with Gasteiger partial charge in [-0.1, -0.05) is 13.0 Å². The van der Waals surface area contributed by atoms with Crippen LogP contribution in [0.5, 0.6) is 5.75 Å². The maximum atomic E-state index is 12.3. The van der Waals surface area contributed by atoms with Gasteiger partial charge in [0.15, 0.2) is 5.01 Å². The van der Waals surface area contributed by atoms with Crippen molar-refractivity contribution in [2.45, 2.75) is 24.5 Å². The van der Waals surface area contributed by atoms with Crippen LogP contribution < -0.4 is 4.74 Å². The SMILES string of the molecule is CCC(Br)Oc1cccc(C(F)(F)F)c1. The van der Waals surface area contributed by atoms with Crippen molar-refractivity contribution in [3.8, 4) is 5.75 Å². The second-order valence-corrected chi connectivity index (χ2v) is 3.98. The van der Waals surface area contributed by atoms with E-state index >= 15 is 0 Å². The third kappa shape index (κ3) is 3.74. The van der Waals surface area contributed by atoms with Gasteiger partial charge in [-0.25, -0.2) is 0 Å². The number of hydrogen-bond acceptors (Lipinski definition) is 1. The van der Waals surface area contributed by atoms with E-state index in [4.69, 9.17) is 4.74 Å². The highest BCUT2D eigenvalue weighted by Crippen LogP contribution is 2.31. The lowest BCUT2D eigenvalue weighted by atomic mass is 10.2. The van der Waals surface area contributed by atoms with Crippen LogP contribution in [0.3, 0.4) is 0 Å². The van der Waals surface area contributed by atoms with Crippen molar-refractivity contribution in [1.82, 2.24) is 0 Å². The van der Waals surface area contributed by atoms with Crippen LogP contribution in [-0.2, 0) is 6.18 Å². The molecule has 0 heterocycles. The molecule has 0 amide bonds. The molecule has 15 heavy (non-hydrogen) atoms. The fourth-order valence-corrected chi connectivity index (χ4v) is 1.19. The largest absolute Gasteiger partial charge is 0.479 e. The van der Waals surface area contributed by atoms with E-state index in [0.717, 1.165) is 12.1 Å². The highest BCUT2D eigenvalue weighted by Gasteiger charge is 2.30. The van der Waals surface area contributed by atoms with E-state index in [2.05, 4.69) is 15.9 Å². The number of halogens is 4. The Morgan fingerprint density at radius 1 is 1.40 bits per heavy atom. The molecule has 1 atom stereocenters. The number of benzene rings is 1. The van der Waals surface area contributed by atoms with Crippen molar-refractivity contribution in [2.75, 3.05) is 0 Å². The van der Waals surface area contributed by atoms with Crippen LogP contribution in [0, 0.1) is 0 Å². The number of hydrogen-bond donors (Lipinski definition) is 0. The first-order valence-electron chi connectivity index (χ1n) is 4.41. The fraction of sp³-hybridized carbons (Fsp3) is 0.400. The molecule has 0 N–H and O–H groups in total. The minimum atomic E-state index is -4.33. The molecule has 0 aliphatic carbocycles. The van der Waals surface area contributed by atoms with E-state index in [1.165, 1.54) is 12.1 Å². The van der Waals surface area contributed by atoms with Crippen LogP contribution >= 0.6 is 15.9 Å². The summed E-state index contributed by atoms with van der Waals surface area (Å²) in [5.41, 5.74) is -0.698. The first kappa shape index (κ1) is 12.4. The predicted molar refractivity (Wildman–Crippen MR) is 55.1 cm³/mol. The molecule has 0 fully saturated rings. The molecule has 0 aliphatic rings. The Balaban J connectivity index is 2.84. The summed E-state index contributed by atoms with van der Waals surface area (Å²) in [6.07, 6.45) is -3.65. The summed E-state index contributed by atoms with van der Waals surface area (Å²) >= 11 is 3.19. The molecule has 0 radical (unpaired) electrons. The fourth-order valence-electron chi connectivity index (χ4n) is 0.977. The average Bonchev–Trinajstić information content (AvgIpc) is 2.17. The minimum absolute atomic E-state index is 0.216. The van der Waals surface area contributed by atoms with Crippen LogP contribution in [0.4, 0.5) is 13.2 Å². The van der Waals surface area contributed by atoms with Gasteiger partial charge in [0.1, 0.15) is 5.75 Å². The monoisotopic (exact) mass is 282 g/mol. The second kappa shape index (κ2) is 4.88. The Bertz CT molecular complexity index is 325. The molecule has 5 heteroatoms. The lowest BCUT2D eigenvalue weighted by Gasteiger charge is -2.13. The van der Waals surface area contributed by atoms with E-state index in [1.54, 1.807) is 0 Å². The number of alkyl halides is 4. The van der Waals surface area contributed by atoms with Gasteiger partial charge in [-0.3, -0.25) is 0 Å². The van der Waals surface area contributed by atoms with E-state index in [-0.39, 0.29) is 10.8 Å². The van der Waals surface area contributed by atoms with Crippen molar-refractivity contribution >= 4 is 15.9 Å². The zero-order valence-corrected chi connectivity index (χ0v) is 9.60. The summed E-state index contributed by atoms with van der Waals surface area (Å²) in [5, 5.41) is -0.263. The van der Waals surface area contributed by atoms with Crippen molar-refractivity contribution in [3.05, 3.63) is 29.8 Å². The standard InChI is InChI=1S/C10H10BrF3O/c1-2-9(11)15-8-5-3-4-7(6-8)10(12,13)14/h3-6,9H,2H2,1H3. The van der Waals surface area contributed by atoms with E-state index in [9.17, 15) is 13.2 Å². The third-order valence-electron chi connectivity index (χ3n) is 1.75. The van der Waals surface area contributed by atoms with Crippen LogP contribution in [0.2, 0.25) is 0 Å². The molecule has 0 aliphatic heterocycles. The summed E-state index contributed by atoms with van der Waals surface area (Å²) in [7, 11) is 0. The molecule has 1 aromatic carbocycles. The molecule has 1 nitrogen and oxygen atoms in total. The van der Waals surface area contributed by atoms with Crippen molar-refractivity contribution in [3.63, 3.8) is 0 Å². The molecule has 0 spiro atoms. The summed E-state index contributed by atoms with van der Waals surface area (Å²) in [6.45, 7) is 1.87. The molecule has 1 unspecified atom stereocenters. The normalized spacial score (nSPS) is 13.7. The van der Waals surface area contributed by atoms with Gasteiger partial charge < -0.3 is 4.74 Å². The summed E-state index contributed by atoms with van der Waals surface area (Å²) in [6, 6.07) is 4.83. The first-order chi connectivity index (χ1) is 6.93. The molecular weight excluding hydrogens is 273 g/mol. The zero-order valence-electron chi connectivity index (χ0n) is 8.01. The predicted octanol–water partition coefficient (Wildman–Crippen LogP) is 4.22. The van der Waals surface area contributed by atoms with Gasteiger partial charge >= 0.3 is 6.18 Å². The molecule has 0 saturated carbocycles. The maximum Gasteiger partial charge on any atom is 0.416 e. The lowest BCUT2D eigenvalue weighted by molar-refractivity contribution is -0.137. The van der Waals surface area contributed by atoms with E-state index < -0.39 is 11.7 Å². The maximum absolute atomic E-state index is 12.3. The van der Waals surface area contributed by atoms with Gasteiger partial charge in [-0.05, 0) is 40.5 Å². The Morgan fingerprint density at radius 2 is 2.07 bits per heavy atom. The number of rotatable bonds is 3. The molecule has 1 rings (SSSR count). The smallest absolute Gasteiger partial charge is 0.416 e. The second-order valence-electron chi connectivity index (χ2n) is 2.96. The molecule has 1 aromatic rings. The third-order valence-corrected chi connectivity index (χ3v) is 2.58. The topological polar surface area (TPSA) is 9.23 Å².